The molecule has 0 saturated carbocycles. The van der Waals surface area contributed by atoms with Crippen molar-refractivity contribution in [2.75, 3.05) is 48.5 Å². The van der Waals surface area contributed by atoms with E-state index in [9.17, 15) is 38.4 Å². The maximum absolute atomic E-state index is 14.6. The van der Waals surface area contributed by atoms with E-state index in [1.165, 1.54) is 12.0 Å². The molecule has 83 heavy (non-hydrogen) atoms. The first-order valence-corrected chi connectivity index (χ1v) is 30.7. The molecule has 462 valence electrons. The number of nitrogens with zero attached hydrogens (tertiary/aromatic N) is 5. The highest BCUT2D eigenvalue weighted by atomic mass is 32.2. The van der Waals surface area contributed by atoms with Crippen LogP contribution < -0.4 is 21.2 Å². The first kappa shape index (κ1) is 69.8. The molecule has 2 fully saturated rings. The van der Waals surface area contributed by atoms with Gasteiger partial charge in [0.05, 0.1) is 54.4 Å². The Kier molecular flexibility index (Phi) is 29.3. The van der Waals surface area contributed by atoms with Gasteiger partial charge in [-0.2, -0.15) is 5.10 Å². The smallest absolute Gasteiger partial charge is 0.306 e. The number of rotatable bonds is 35. The van der Waals surface area contributed by atoms with E-state index in [4.69, 9.17) is 19.3 Å². The van der Waals surface area contributed by atoms with E-state index >= 15 is 0 Å². The summed E-state index contributed by atoms with van der Waals surface area (Å²) in [6.45, 7) is 16.1. The summed E-state index contributed by atoms with van der Waals surface area (Å²) in [6, 6.07) is 15.9. The van der Waals surface area contributed by atoms with E-state index in [2.05, 4.69) is 21.2 Å². The maximum atomic E-state index is 14.6. The molecule has 7 amide bonds. The monoisotopic (exact) mass is 1180 g/mol. The molecule has 0 radical (unpaired) electrons. The van der Waals surface area contributed by atoms with Crippen LogP contribution in [-0.4, -0.2) is 169 Å². The SMILES string of the molecule is CCC(C)C(C(CC(=O)N1CCCC1C(OC)C(C)C(=O)NC(C)C(OC(=O)CCCC/C(=N/NC(=O)CCCCCN1C(=O)CC(SN)C1=O)c1ccccc1)c1ccccc1)OC)N(C)C(=O)[C@@H](NC(=O)C(C(C)C)N(C)C)C(C)C. The van der Waals surface area contributed by atoms with Crippen LogP contribution in [0.1, 0.15) is 156 Å². The molecule has 21 heteroatoms. The number of nitrogens with two attached hydrogens (primary N) is 1. The van der Waals surface area contributed by atoms with Crippen LogP contribution in [0.5, 0.6) is 0 Å². The van der Waals surface area contributed by atoms with Crippen molar-refractivity contribution in [3.8, 4) is 0 Å². The van der Waals surface area contributed by atoms with Gasteiger partial charge in [-0.25, -0.2) is 5.43 Å². The molecule has 2 aliphatic heterocycles. The highest BCUT2D eigenvalue weighted by Gasteiger charge is 2.44. The van der Waals surface area contributed by atoms with Gasteiger partial charge in [0.15, 0.2) is 0 Å². The molecule has 2 heterocycles. The molecule has 2 aromatic carbocycles. The number of methoxy groups -OCH3 is 2. The molecular weight excluding hydrogens is 1080 g/mol. The summed E-state index contributed by atoms with van der Waals surface area (Å²) in [5.74, 6) is -3.19. The summed E-state index contributed by atoms with van der Waals surface area (Å²) in [6.07, 6.45) is 3.48. The van der Waals surface area contributed by atoms with Crippen LogP contribution in [0.25, 0.3) is 0 Å². The van der Waals surface area contributed by atoms with Gasteiger partial charge >= 0.3 is 5.97 Å². The Hall–Kier alpha value is -5.74. The minimum absolute atomic E-state index is 0.0138. The number of benzene rings is 2. The zero-order valence-corrected chi connectivity index (χ0v) is 52.4. The number of carbonyl (C=O) groups is 8. The molecule has 11 atom stereocenters. The number of amides is 7. The average molecular weight is 1180 g/mol. The van der Waals surface area contributed by atoms with Crippen LogP contribution in [0.3, 0.4) is 0 Å². The van der Waals surface area contributed by atoms with E-state index in [1.807, 2.05) is 121 Å². The number of hydrazone groups is 1. The number of ether oxygens (including phenoxy) is 3. The highest BCUT2D eigenvalue weighted by molar-refractivity contribution is 7.98. The molecule has 4 rings (SSSR count). The zero-order valence-electron chi connectivity index (χ0n) is 51.6. The van der Waals surface area contributed by atoms with Crippen LogP contribution in [0.4, 0.5) is 0 Å². The van der Waals surface area contributed by atoms with Crippen molar-refractivity contribution in [1.82, 2.24) is 35.7 Å². The van der Waals surface area contributed by atoms with Gasteiger partial charge in [0.1, 0.15) is 17.4 Å². The van der Waals surface area contributed by atoms with Crippen molar-refractivity contribution in [2.45, 2.75) is 193 Å². The van der Waals surface area contributed by atoms with Gasteiger partial charge < -0.3 is 34.6 Å². The lowest BCUT2D eigenvalue weighted by atomic mass is 9.89. The Balaban J connectivity index is 1.37. The molecule has 2 aromatic rings. The van der Waals surface area contributed by atoms with Crippen molar-refractivity contribution in [1.29, 1.82) is 0 Å². The topological polar surface area (TPSA) is 252 Å². The molecule has 20 nitrogen and oxygen atoms in total. The maximum Gasteiger partial charge on any atom is 0.306 e. The number of likely N-dealkylation sites (tertiary alicyclic amines) is 2. The molecule has 10 unspecified atom stereocenters. The lowest BCUT2D eigenvalue weighted by Crippen LogP contribution is -2.59. The minimum atomic E-state index is -0.827. The van der Waals surface area contributed by atoms with Gasteiger partial charge in [0.25, 0.3) is 0 Å². The quantitative estimate of drug-likeness (QED) is 0.0138. The molecular formula is C62H97N9O11S. The number of unbranched alkanes of at least 4 members (excludes halogenated alkanes) is 3. The van der Waals surface area contributed by atoms with Crippen molar-refractivity contribution in [3.63, 3.8) is 0 Å². The normalized spacial score (nSPS) is 19.0. The Morgan fingerprint density at radius 1 is 0.795 bits per heavy atom. The number of hydrogen-bond donors (Lipinski definition) is 4. The Morgan fingerprint density at radius 3 is 2.01 bits per heavy atom. The summed E-state index contributed by atoms with van der Waals surface area (Å²) >= 11 is 0.890. The van der Waals surface area contributed by atoms with E-state index < -0.39 is 65.7 Å². The van der Waals surface area contributed by atoms with Crippen molar-refractivity contribution >= 4 is 65.0 Å². The van der Waals surface area contributed by atoms with Crippen molar-refractivity contribution in [2.24, 2.45) is 33.9 Å². The van der Waals surface area contributed by atoms with Gasteiger partial charge in [-0.1, -0.05) is 134 Å². The average Bonchev–Trinajstić information content (AvgIpc) is 4.30. The predicted octanol–water partition coefficient (Wildman–Crippen LogP) is 6.80. The minimum Gasteiger partial charge on any atom is -0.455 e. The van der Waals surface area contributed by atoms with E-state index in [0.29, 0.717) is 82.2 Å². The molecule has 0 bridgehead atoms. The summed E-state index contributed by atoms with van der Waals surface area (Å²) in [5.41, 5.74) is 4.87. The summed E-state index contributed by atoms with van der Waals surface area (Å²) in [5, 5.41) is 15.6. The molecule has 2 aliphatic rings. The fourth-order valence-electron chi connectivity index (χ4n) is 11.5. The lowest BCUT2D eigenvalue weighted by Gasteiger charge is -2.41. The highest BCUT2D eigenvalue weighted by Crippen LogP contribution is 2.31. The van der Waals surface area contributed by atoms with Gasteiger partial charge in [-0.05, 0) is 94.8 Å². The van der Waals surface area contributed by atoms with Crippen LogP contribution in [0, 0.1) is 23.7 Å². The number of imide groups is 1. The first-order chi connectivity index (χ1) is 39.5. The number of hydrogen-bond acceptors (Lipinski definition) is 15. The van der Waals surface area contributed by atoms with E-state index in [0.717, 1.165) is 17.5 Å². The molecule has 5 N–H and O–H groups in total. The standard InChI is InChI=1S/C62H97N9O11S/c1-14-41(6)56(69(11)62(79)54(39(2)3)65-60(77)55(40(4)5)68(9)10)48(80-12)37-51(73)70-36-26-32-47(70)57(81-13)42(7)59(76)64-43(8)58(45-29-20-16-21-30-45)82-53(75)34-24-23-31-46(44-27-18-15-19-28-44)66-67-50(72)33-22-17-25-35-71-52(74)38-49(83-63)61(71)78/h15-16,18-21,27-30,39-43,47-49,54-58H,14,17,22-26,31-38,63H2,1-13H3,(H,64,76)(H,65,77)(H,67,72)/b66-46-/t41?,42?,43?,47?,48?,49?,54-,55?,56?,57?,58?/m0/s1. The van der Waals surface area contributed by atoms with Gasteiger partial charge in [0.2, 0.25) is 41.4 Å². The molecule has 0 aliphatic carbocycles. The van der Waals surface area contributed by atoms with E-state index in [-0.39, 0.29) is 84.8 Å². The van der Waals surface area contributed by atoms with E-state index in [1.54, 1.807) is 37.8 Å². The summed E-state index contributed by atoms with van der Waals surface area (Å²) in [4.78, 5) is 114. The van der Waals surface area contributed by atoms with Gasteiger partial charge in [-0.15, -0.1) is 0 Å². The third-order valence-corrected chi connectivity index (χ3v) is 17.0. The lowest BCUT2D eigenvalue weighted by molar-refractivity contribution is -0.152. The molecule has 0 aromatic heterocycles. The largest absolute Gasteiger partial charge is 0.455 e. The second-order valence-corrected chi connectivity index (χ2v) is 24.1. The Bertz CT molecular complexity index is 2440. The first-order valence-electron chi connectivity index (χ1n) is 29.7. The second kappa shape index (κ2) is 34.9. The number of likely N-dealkylation sites (N-methyl/N-ethyl adjacent to an activating group) is 2. The Labute approximate surface area is 498 Å². The van der Waals surface area contributed by atoms with Crippen LogP contribution in [0.2, 0.25) is 0 Å². The molecule has 0 spiro atoms. The summed E-state index contributed by atoms with van der Waals surface area (Å²) < 4.78 is 18.3. The fraction of sp³-hybridized carbons (Fsp3) is 0.661. The third kappa shape index (κ3) is 20.2. The van der Waals surface area contributed by atoms with Crippen LogP contribution in [0.15, 0.2) is 65.8 Å². The Morgan fingerprint density at radius 2 is 1.43 bits per heavy atom. The van der Waals surface area contributed by atoms with Crippen molar-refractivity contribution < 1.29 is 52.6 Å². The second-order valence-electron chi connectivity index (χ2n) is 23.3. The fourth-order valence-corrected chi connectivity index (χ4v) is 12.0. The van der Waals surface area contributed by atoms with Gasteiger partial charge in [0, 0.05) is 53.6 Å². The number of carbonyl (C=O) groups excluding carboxylic acids is 8. The number of esters is 1. The molecule has 2 saturated heterocycles. The van der Waals surface area contributed by atoms with Gasteiger partial charge in [-0.3, -0.25) is 53.3 Å². The predicted molar refractivity (Wildman–Crippen MR) is 323 cm³/mol. The van der Waals surface area contributed by atoms with Crippen LogP contribution in [-0.2, 0) is 52.6 Å². The van der Waals surface area contributed by atoms with Crippen molar-refractivity contribution in [3.05, 3.63) is 71.8 Å². The summed E-state index contributed by atoms with van der Waals surface area (Å²) in [7, 11) is 8.50. The number of nitrogens with one attached hydrogen (secondary N) is 3. The zero-order chi connectivity index (χ0) is 61.5. The third-order valence-electron chi connectivity index (χ3n) is 16.3. The van der Waals surface area contributed by atoms with Crippen LogP contribution >= 0.6 is 11.9 Å².